The lowest BCUT2D eigenvalue weighted by Crippen LogP contribution is -2.27. The minimum Gasteiger partial charge on any atom is -0.207 e. The summed E-state index contributed by atoms with van der Waals surface area (Å²) >= 11 is 17.3. The highest BCUT2D eigenvalue weighted by atomic mass is 35.5. The first-order chi connectivity index (χ1) is 11.4. The van der Waals surface area contributed by atoms with Gasteiger partial charge in [0.05, 0.1) is 15.5 Å². The van der Waals surface area contributed by atoms with Crippen LogP contribution in [0.2, 0.25) is 15.1 Å². The summed E-state index contributed by atoms with van der Waals surface area (Å²) in [5.41, 5.74) is -0.754. The van der Waals surface area contributed by atoms with Crippen LogP contribution >= 0.6 is 34.8 Å². The number of halogens is 6. The Morgan fingerprint density at radius 3 is 2.20 bits per heavy atom. The van der Waals surface area contributed by atoms with Gasteiger partial charge >= 0.3 is 6.18 Å². The van der Waals surface area contributed by atoms with Gasteiger partial charge in [-0.3, -0.25) is 0 Å². The molecule has 10 heteroatoms. The Morgan fingerprint density at radius 2 is 1.64 bits per heavy atom. The third-order valence-corrected chi connectivity index (χ3v) is 6.08. The zero-order chi connectivity index (χ0) is 19.0. The summed E-state index contributed by atoms with van der Waals surface area (Å²) < 4.78 is 64.8. The zero-order valence-corrected chi connectivity index (χ0v) is 15.7. The smallest absolute Gasteiger partial charge is 0.207 e. The van der Waals surface area contributed by atoms with Crippen LogP contribution in [0.1, 0.15) is 11.1 Å². The Labute approximate surface area is 158 Å². The summed E-state index contributed by atoms with van der Waals surface area (Å²) in [6.07, 6.45) is -4.76. The molecule has 0 radical (unpaired) electrons. The molecular formula is C15H11Cl3F3NO2S. The fourth-order valence-electron chi connectivity index (χ4n) is 2.04. The molecule has 0 spiro atoms. The Balaban J connectivity index is 2.38. The molecule has 0 aliphatic heterocycles. The first kappa shape index (κ1) is 20.3. The van der Waals surface area contributed by atoms with Gasteiger partial charge < -0.3 is 0 Å². The third kappa shape index (κ3) is 4.60. The van der Waals surface area contributed by atoms with Gasteiger partial charge in [-0.05, 0) is 35.9 Å². The van der Waals surface area contributed by atoms with Crippen molar-refractivity contribution in [1.82, 2.24) is 4.31 Å². The quantitative estimate of drug-likeness (QED) is 0.641. The topological polar surface area (TPSA) is 37.4 Å². The Bertz CT molecular complexity index is 901. The number of nitrogens with zero attached hydrogens (tertiary/aromatic N) is 1. The molecule has 2 rings (SSSR count). The highest BCUT2D eigenvalue weighted by molar-refractivity contribution is 7.89. The second-order valence-electron chi connectivity index (χ2n) is 5.14. The van der Waals surface area contributed by atoms with E-state index in [1.807, 2.05) is 0 Å². The number of rotatable bonds is 4. The lowest BCUT2D eigenvalue weighted by molar-refractivity contribution is -0.137. The first-order valence-electron chi connectivity index (χ1n) is 6.70. The summed E-state index contributed by atoms with van der Waals surface area (Å²) in [6.45, 7) is -0.137. The van der Waals surface area contributed by atoms with Crippen molar-refractivity contribution < 1.29 is 21.6 Å². The molecular weight excluding hydrogens is 422 g/mol. The SMILES string of the molecule is CN(Cc1ccc(Cl)cc1Cl)S(=O)(=O)c1ccc(Cl)c(C(F)(F)F)c1. The van der Waals surface area contributed by atoms with Crippen molar-refractivity contribution in [1.29, 1.82) is 0 Å². The molecule has 0 aliphatic rings. The highest BCUT2D eigenvalue weighted by Gasteiger charge is 2.35. The van der Waals surface area contributed by atoms with Crippen molar-refractivity contribution in [3.05, 3.63) is 62.6 Å². The van der Waals surface area contributed by atoms with Crippen LogP contribution in [-0.2, 0) is 22.7 Å². The van der Waals surface area contributed by atoms with Crippen molar-refractivity contribution >= 4 is 44.8 Å². The van der Waals surface area contributed by atoms with Crippen LogP contribution in [0.5, 0.6) is 0 Å². The van der Waals surface area contributed by atoms with Gasteiger partial charge in [-0.25, -0.2) is 8.42 Å². The maximum Gasteiger partial charge on any atom is 0.417 e. The number of hydrogen-bond acceptors (Lipinski definition) is 2. The monoisotopic (exact) mass is 431 g/mol. The summed E-state index contributed by atoms with van der Waals surface area (Å²) in [5.74, 6) is 0. The van der Waals surface area contributed by atoms with Gasteiger partial charge in [0.25, 0.3) is 0 Å². The van der Waals surface area contributed by atoms with E-state index in [1.165, 1.54) is 19.2 Å². The van der Waals surface area contributed by atoms with Gasteiger partial charge in [0, 0.05) is 23.6 Å². The van der Waals surface area contributed by atoms with Gasteiger partial charge in [0.1, 0.15) is 0 Å². The fourth-order valence-corrected chi connectivity index (χ4v) is 3.91. The Morgan fingerprint density at radius 1 is 1.00 bits per heavy atom. The summed E-state index contributed by atoms with van der Waals surface area (Å²) in [4.78, 5) is -0.517. The number of benzene rings is 2. The van der Waals surface area contributed by atoms with Crippen molar-refractivity contribution in [2.24, 2.45) is 0 Å². The molecule has 0 atom stereocenters. The van der Waals surface area contributed by atoms with Crippen molar-refractivity contribution in [3.8, 4) is 0 Å². The molecule has 136 valence electrons. The second-order valence-corrected chi connectivity index (χ2v) is 8.43. The molecule has 0 saturated carbocycles. The molecule has 0 saturated heterocycles. The van der Waals surface area contributed by atoms with Gasteiger partial charge in [-0.1, -0.05) is 40.9 Å². The highest BCUT2D eigenvalue weighted by Crippen LogP contribution is 2.36. The van der Waals surface area contributed by atoms with E-state index in [0.717, 1.165) is 16.4 Å². The average molecular weight is 433 g/mol. The molecule has 0 aromatic heterocycles. The minimum absolute atomic E-state index is 0.137. The van der Waals surface area contributed by atoms with Crippen molar-refractivity contribution in [3.63, 3.8) is 0 Å². The summed E-state index contributed by atoms with van der Waals surface area (Å²) in [5, 5.41) is 0.0586. The molecule has 0 amide bonds. The standard InChI is InChI=1S/C15H11Cl3F3NO2S/c1-22(8-9-2-3-10(16)6-14(9)18)25(23,24)11-4-5-13(17)12(7-11)15(19,20)21/h2-7H,8H2,1H3. The fraction of sp³-hybridized carbons (Fsp3) is 0.200. The average Bonchev–Trinajstić information content (AvgIpc) is 2.49. The van der Waals surface area contributed by atoms with E-state index in [9.17, 15) is 21.6 Å². The predicted molar refractivity (Wildman–Crippen MR) is 91.6 cm³/mol. The first-order valence-corrected chi connectivity index (χ1v) is 9.27. The number of alkyl halides is 3. The van der Waals surface area contributed by atoms with E-state index in [2.05, 4.69) is 0 Å². The Kier molecular flexibility index (Phi) is 5.95. The lowest BCUT2D eigenvalue weighted by atomic mass is 10.2. The largest absolute Gasteiger partial charge is 0.417 e. The summed E-state index contributed by atoms with van der Waals surface area (Å²) in [7, 11) is -2.94. The van der Waals surface area contributed by atoms with Gasteiger partial charge in [-0.2, -0.15) is 17.5 Å². The lowest BCUT2D eigenvalue weighted by Gasteiger charge is -2.19. The van der Waals surface area contributed by atoms with Crippen LogP contribution in [0.25, 0.3) is 0 Å². The van der Waals surface area contributed by atoms with E-state index in [4.69, 9.17) is 34.8 Å². The molecule has 0 unspecified atom stereocenters. The normalized spacial score (nSPS) is 12.6. The molecule has 0 heterocycles. The van der Waals surface area contributed by atoms with Crippen LogP contribution in [0.4, 0.5) is 13.2 Å². The number of sulfonamides is 1. The molecule has 0 N–H and O–H groups in total. The summed E-state index contributed by atoms with van der Waals surface area (Å²) in [6, 6.07) is 6.96. The van der Waals surface area contributed by atoms with Gasteiger partial charge in [0.2, 0.25) is 10.0 Å². The zero-order valence-electron chi connectivity index (χ0n) is 12.6. The van der Waals surface area contributed by atoms with Crippen molar-refractivity contribution in [2.75, 3.05) is 7.05 Å². The molecule has 25 heavy (non-hydrogen) atoms. The molecule has 2 aromatic carbocycles. The molecule has 2 aromatic rings. The van der Waals surface area contributed by atoms with E-state index in [1.54, 1.807) is 6.07 Å². The number of hydrogen-bond donors (Lipinski definition) is 0. The minimum atomic E-state index is -4.76. The van der Waals surface area contributed by atoms with Crippen LogP contribution < -0.4 is 0 Å². The third-order valence-electron chi connectivity index (χ3n) is 3.36. The Hall–Kier alpha value is -0.990. The van der Waals surface area contributed by atoms with Crippen LogP contribution in [0, 0.1) is 0 Å². The van der Waals surface area contributed by atoms with E-state index >= 15 is 0 Å². The van der Waals surface area contributed by atoms with Crippen LogP contribution in [0.3, 0.4) is 0 Å². The van der Waals surface area contributed by atoms with E-state index in [-0.39, 0.29) is 11.6 Å². The van der Waals surface area contributed by atoms with Gasteiger partial charge in [-0.15, -0.1) is 0 Å². The predicted octanol–water partition coefficient (Wildman–Crippen LogP) is 5.49. The second kappa shape index (κ2) is 7.32. The molecule has 0 aliphatic carbocycles. The van der Waals surface area contributed by atoms with E-state index in [0.29, 0.717) is 16.7 Å². The molecule has 0 fully saturated rings. The van der Waals surface area contributed by atoms with Crippen molar-refractivity contribution in [2.45, 2.75) is 17.6 Å². The maximum atomic E-state index is 12.9. The maximum absolute atomic E-state index is 12.9. The molecule has 0 bridgehead atoms. The molecule has 3 nitrogen and oxygen atoms in total. The van der Waals surface area contributed by atoms with E-state index < -0.39 is 31.7 Å². The van der Waals surface area contributed by atoms with Gasteiger partial charge in [0.15, 0.2) is 0 Å². The van der Waals surface area contributed by atoms with Crippen LogP contribution in [0.15, 0.2) is 41.3 Å². The van der Waals surface area contributed by atoms with Crippen LogP contribution in [-0.4, -0.2) is 19.8 Å².